The zero-order valence-electron chi connectivity index (χ0n) is 3.93. The van der Waals surface area contributed by atoms with E-state index in [1.165, 1.54) is 0 Å². The van der Waals surface area contributed by atoms with Crippen molar-refractivity contribution in [3.63, 3.8) is 0 Å². The van der Waals surface area contributed by atoms with E-state index in [0.717, 1.165) is 0 Å². The second-order valence-electron chi connectivity index (χ2n) is 0. The maximum atomic E-state index is 0. The van der Waals surface area contributed by atoms with Crippen LogP contribution in [-0.4, -0.2) is 23.1 Å². The van der Waals surface area contributed by atoms with Crippen LogP contribution in [-0.2, 0) is 0 Å². The molecule has 0 amide bonds. The van der Waals surface area contributed by atoms with Gasteiger partial charge in [0.1, 0.15) is 0 Å². The quantitative estimate of drug-likeness (QED) is 0.437. The molecule has 28 valence electrons. The van der Waals surface area contributed by atoms with E-state index in [9.17, 15) is 0 Å². The molecule has 0 atom stereocenters. The largest absolute Gasteiger partial charge is 2.00 e. The molecule has 0 aliphatic heterocycles. The molecular weight excluding hydrogens is 131 g/mol. The Kier molecular flexibility index (Phi) is 259. The SMILES string of the molecule is Cl.Cl.Cl.[H-].[H-].[Mg+2]. The fraction of sp³-hybridized carbons (Fsp3) is 0. The topological polar surface area (TPSA) is 0 Å². The Morgan fingerprint density at radius 3 is 0.750 bits per heavy atom. The van der Waals surface area contributed by atoms with Gasteiger partial charge in [-0.3, -0.25) is 0 Å². The van der Waals surface area contributed by atoms with Gasteiger partial charge in [-0.1, -0.05) is 0 Å². The van der Waals surface area contributed by atoms with E-state index in [4.69, 9.17) is 0 Å². The van der Waals surface area contributed by atoms with Crippen molar-refractivity contribution in [1.29, 1.82) is 0 Å². The fourth-order valence-corrected chi connectivity index (χ4v) is 0. The molecule has 0 rings (SSSR count). The second-order valence-corrected chi connectivity index (χ2v) is 0. The van der Waals surface area contributed by atoms with Gasteiger partial charge in [-0.15, -0.1) is 37.2 Å². The van der Waals surface area contributed by atoms with Crippen molar-refractivity contribution in [2.24, 2.45) is 0 Å². The third kappa shape index (κ3) is 9.44. The molecular formula is H5Cl3Mg. The van der Waals surface area contributed by atoms with Gasteiger partial charge in [0, 0.05) is 0 Å². The van der Waals surface area contributed by atoms with Crippen LogP contribution in [0.2, 0.25) is 0 Å². The molecule has 0 radical (unpaired) electrons. The van der Waals surface area contributed by atoms with E-state index in [1.807, 2.05) is 0 Å². The van der Waals surface area contributed by atoms with Crippen molar-refractivity contribution in [3.05, 3.63) is 0 Å². The van der Waals surface area contributed by atoms with Crippen molar-refractivity contribution in [2.45, 2.75) is 0 Å². The minimum atomic E-state index is 0. The molecule has 0 spiro atoms. The van der Waals surface area contributed by atoms with Crippen LogP contribution in [0.3, 0.4) is 0 Å². The maximum absolute atomic E-state index is 0. The van der Waals surface area contributed by atoms with Crippen molar-refractivity contribution in [3.8, 4) is 0 Å². The molecule has 0 fully saturated rings. The third-order valence-electron chi connectivity index (χ3n) is 0. The first-order chi connectivity index (χ1) is 0. The second kappa shape index (κ2) is 22.9. The summed E-state index contributed by atoms with van der Waals surface area (Å²) in [6, 6.07) is 0. The minimum Gasteiger partial charge on any atom is -1.00 e. The van der Waals surface area contributed by atoms with Crippen LogP contribution >= 0.6 is 37.2 Å². The van der Waals surface area contributed by atoms with Crippen LogP contribution in [0.1, 0.15) is 2.85 Å². The molecule has 0 nitrogen and oxygen atoms in total. The molecule has 0 saturated carbocycles. The Morgan fingerprint density at radius 1 is 0.750 bits per heavy atom. The summed E-state index contributed by atoms with van der Waals surface area (Å²) in [4.78, 5) is 0. The smallest absolute Gasteiger partial charge is 1.00 e. The predicted octanol–water partition coefficient (Wildman–Crippen LogP) is 1.11. The van der Waals surface area contributed by atoms with E-state index in [0.29, 0.717) is 0 Å². The number of hydrogen-bond acceptors (Lipinski definition) is 0. The van der Waals surface area contributed by atoms with Gasteiger partial charge in [0.15, 0.2) is 0 Å². The fourth-order valence-electron chi connectivity index (χ4n) is 0. The van der Waals surface area contributed by atoms with Crippen molar-refractivity contribution in [1.82, 2.24) is 0 Å². The Bertz CT molecular complexity index is 8.75. The molecule has 0 aliphatic rings. The zero-order chi connectivity index (χ0) is 0. The van der Waals surface area contributed by atoms with Gasteiger partial charge in [0.2, 0.25) is 0 Å². The molecule has 0 aromatic carbocycles. The Labute approximate surface area is 63.1 Å². The van der Waals surface area contributed by atoms with E-state index in [-0.39, 0.29) is 63.1 Å². The van der Waals surface area contributed by atoms with E-state index in [1.54, 1.807) is 0 Å². The zero-order valence-corrected chi connectivity index (χ0v) is 5.80. The van der Waals surface area contributed by atoms with Gasteiger partial charge in [-0.25, -0.2) is 0 Å². The molecule has 0 bridgehead atoms. The molecule has 0 unspecified atom stereocenters. The molecule has 0 aromatic heterocycles. The summed E-state index contributed by atoms with van der Waals surface area (Å²) in [7, 11) is 0. The summed E-state index contributed by atoms with van der Waals surface area (Å²) in [6.45, 7) is 0. The first-order valence-electron chi connectivity index (χ1n) is 0. The first-order valence-corrected chi connectivity index (χ1v) is 0. The molecule has 0 aromatic rings. The molecule has 0 aliphatic carbocycles. The molecule has 4 heteroatoms. The van der Waals surface area contributed by atoms with Gasteiger partial charge in [-0.2, -0.15) is 0 Å². The van der Waals surface area contributed by atoms with E-state index < -0.39 is 0 Å². The van der Waals surface area contributed by atoms with Crippen molar-refractivity contribution < 1.29 is 2.85 Å². The van der Waals surface area contributed by atoms with E-state index >= 15 is 0 Å². The summed E-state index contributed by atoms with van der Waals surface area (Å²) < 4.78 is 0. The average molecular weight is 136 g/mol. The molecule has 0 saturated heterocycles. The predicted molar refractivity (Wildman–Crippen MR) is 29.7 cm³/mol. The Hall–Kier alpha value is 1.64. The number of halogens is 3. The van der Waals surface area contributed by atoms with Gasteiger partial charge in [0.25, 0.3) is 0 Å². The summed E-state index contributed by atoms with van der Waals surface area (Å²) in [6.07, 6.45) is 0. The standard InChI is InChI=1S/3ClH.Mg.2H/h3*1H;;;/q;;;+2;2*-1. The van der Waals surface area contributed by atoms with Gasteiger partial charge in [0.05, 0.1) is 0 Å². The maximum Gasteiger partial charge on any atom is 2.00 e. The van der Waals surface area contributed by atoms with Crippen LogP contribution in [0, 0.1) is 0 Å². The van der Waals surface area contributed by atoms with Crippen molar-refractivity contribution >= 4 is 60.3 Å². The third-order valence-corrected chi connectivity index (χ3v) is 0. The van der Waals surface area contributed by atoms with Gasteiger partial charge >= 0.3 is 23.1 Å². The molecule has 0 N–H and O–H groups in total. The Morgan fingerprint density at radius 2 is 0.750 bits per heavy atom. The summed E-state index contributed by atoms with van der Waals surface area (Å²) in [5.74, 6) is 0. The summed E-state index contributed by atoms with van der Waals surface area (Å²) in [5.41, 5.74) is 0. The van der Waals surface area contributed by atoms with Crippen LogP contribution in [0.15, 0.2) is 0 Å². The van der Waals surface area contributed by atoms with Crippen LogP contribution in [0.5, 0.6) is 0 Å². The van der Waals surface area contributed by atoms with E-state index in [2.05, 4.69) is 0 Å². The Balaban J connectivity index is 0. The average Bonchev–Trinajstić information content (AvgIpc) is 0. The van der Waals surface area contributed by atoms with Crippen molar-refractivity contribution in [2.75, 3.05) is 0 Å². The first kappa shape index (κ1) is 45.3. The van der Waals surface area contributed by atoms with Crippen LogP contribution in [0.25, 0.3) is 0 Å². The minimum absolute atomic E-state index is 0. The molecule has 4 heavy (non-hydrogen) atoms. The van der Waals surface area contributed by atoms with Gasteiger partial charge in [-0.05, 0) is 0 Å². The number of rotatable bonds is 0. The summed E-state index contributed by atoms with van der Waals surface area (Å²) in [5, 5.41) is 0. The molecule has 0 heterocycles. The monoisotopic (exact) mass is 134 g/mol. The normalized spacial score (nSPS) is 0. The van der Waals surface area contributed by atoms with Crippen LogP contribution < -0.4 is 0 Å². The van der Waals surface area contributed by atoms with Gasteiger partial charge < -0.3 is 2.85 Å². The van der Waals surface area contributed by atoms with Crippen LogP contribution in [0.4, 0.5) is 0 Å². The number of hydrogen-bond donors (Lipinski definition) is 0. The summed E-state index contributed by atoms with van der Waals surface area (Å²) >= 11 is 0.